The molecule has 3 aliphatic rings. The zero-order valence-corrected chi connectivity index (χ0v) is 20.9. The summed E-state index contributed by atoms with van der Waals surface area (Å²) < 4.78 is 17.1. The van der Waals surface area contributed by atoms with Gasteiger partial charge in [-0.1, -0.05) is 13.8 Å². The highest BCUT2D eigenvalue weighted by atomic mass is 19.1. The Balaban J connectivity index is 1.58. The van der Waals surface area contributed by atoms with Crippen LogP contribution in [0.2, 0.25) is 0 Å². The van der Waals surface area contributed by atoms with E-state index >= 15 is 4.39 Å². The predicted octanol–water partition coefficient (Wildman–Crippen LogP) is 2.67. The molecule has 1 aromatic carbocycles. The Labute approximate surface area is 209 Å². The van der Waals surface area contributed by atoms with Crippen molar-refractivity contribution in [2.24, 2.45) is 5.92 Å². The lowest BCUT2D eigenvalue weighted by atomic mass is 9.88. The molecule has 2 aliphatic carbocycles. The Hall–Kier alpha value is -3.24. The minimum Gasteiger partial charge on any atom is -0.511 e. The number of aromatic nitrogens is 3. The summed E-state index contributed by atoms with van der Waals surface area (Å²) in [6, 6.07) is 5.03. The summed E-state index contributed by atoms with van der Waals surface area (Å²) in [4.78, 5) is 17.4. The second-order valence-electron chi connectivity index (χ2n) is 10.2. The number of rotatable bonds is 6. The highest BCUT2D eigenvalue weighted by Gasteiger charge is 2.32. The van der Waals surface area contributed by atoms with Crippen LogP contribution in [0, 0.1) is 11.7 Å². The number of allylic oxidation sites excluding steroid dienone is 2. The number of likely N-dealkylation sites (N-methyl/N-ethyl adjacent to an activating group) is 1. The van der Waals surface area contributed by atoms with Crippen LogP contribution >= 0.6 is 0 Å². The van der Waals surface area contributed by atoms with E-state index in [1.165, 1.54) is 10.6 Å². The quantitative estimate of drug-likeness (QED) is 0.565. The largest absolute Gasteiger partial charge is 0.511 e. The number of anilines is 1. The molecule has 9 nitrogen and oxygen atoms in total. The molecule has 1 aromatic heterocycles. The van der Waals surface area contributed by atoms with Gasteiger partial charge in [0, 0.05) is 44.3 Å². The summed E-state index contributed by atoms with van der Waals surface area (Å²) in [7, 11) is 2.07. The first-order valence-electron chi connectivity index (χ1n) is 12.5. The molecule has 3 N–H and O–H groups in total. The standard InChI is InChI=1S/C26H33FN6O3/c1-15(2)18-13-19(23(35)14-22(18)34)24-29-30-25(26(36)28-16-4-5-16)33(24)21-7-6-17(12-20(21)27)32-10-8-31(3)9-11-32/h6-7,12-13,15-16,22,34-35H,4-5,8-11,14H2,1-3H3,(H,28,36). The van der Waals surface area contributed by atoms with Gasteiger partial charge in [-0.3, -0.25) is 9.36 Å². The van der Waals surface area contributed by atoms with E-state index < -0.39 is 17.8 Å². The SMILES string of the molecule is CC(C)C1=CC(c2nnc(C(=O)NC3CC3)n2-c2ccc(N3CCN(C)CC3)cc2F)=C(O)CC1O. The third kappa shape index (κ3) is 4.75. The first-order chi connectivity index (χ1) is 17.2. The number of piperazine rings is 1. The molecule has 1 saturated heterocycles. The van der Waals surface area contributed by atoms with Crippen LogP contribution in [0.3, 0.4) is 0 Å². The van der Waals surface area contributed by atoms with Crippen molar-refractivity contribution in [2.75, 3.05) is 38.1 Å². The lowest BCUT2D eigenvalue weighted by Gasteiger charge is -2.34. The molecule has 2 aromatic rings. The summed E-state index contributed by atoms with van der Waals surface area (Å²) in [6.07, 6.45) is 2.66. The van der Waals surface area contributed by atoms with Gasteiger partial charge in [0.2, 0.25) is 5.82 Å². The number of hydrogen-bond donors (Lipinski definition) is 3. The van der Waals surface area contributed by atoms with E-state index in [1.54, 1.807) is 12.1 Å². The van der Waals surface area contributed by atoms with Crippen LogP contribution < -0.4 is 10.2 Å². The molecule has 0 bridgehead atoms. The monoisotopic (exact) mass is 496 g/mol. The Bertz CT molecular complexity index is 1220. The minimum atomic E-state index is -0.817. The predicted molar refractivity (Wildman–Crippen MR) is 135 cm³/mol. The van der Waals surface area contributed by atoms with Crippen LogP contribution in [0.15, 0.2) is 35.6 Å². The van der Waals surface area contributed by atoms with Gasteiger partial charge in [-0.2, -0.15) is 0 Å². The van der Waals surface area contributed by atoms with Gasteiger partial charge >= 0.3 is 0 Å². The van der Waals surface area contributed by atoms with Crippen molar-refractivity contribution in [1.82, 2.24) is 25.0 Å². The maximum Gasteiger partial charge on any atom is 0.289 e. The molecule has 0 spiro atoms. The molecule has 2 heterocycles. The van der Waals surface area contributed by atoms with Gasteiger partial charge in [-0.25, -0.2) is 4.39 Å². The highest BCUT2D eigenvalue weighted by molar-refractivity contribution is 5.92. The molecule has 36 heavy (non-hydrogen) atoms. The molecule has 1 atom stereocenters. The van der Waals surface area contributed by atoms with Crippen molar-refractivity contribution in [3.63, 3.8) is 0 Å². The van der Waals surface area contributed by atoms with Crippen LogP contribution in [-0.2, 0) is 0 Å². The molecule has 1 amide bonds. The second kappa shape index (κ2) is 9.67. The van der Waals surface area contributed by atoms with Gasteiger partial charge in [0.05, 0.1) is 17.4 Å². The van der Waals surface area contributed by atoms with E-state index in [4.69, 9.17) is 0 Å². The number of benzene rings is 1. The number of carbonyl (C=O) groups is 1. The number of hydrogen-bond acceptors (Lipinski definition) is 7. The topological polar surface area (TPSA) is 107 Å². The van der Waals surface area contributed by atoms with E-state index in [9.17, 15) is 15.0 Å². The van der Waals surface area contributed by atoms with E-state index in [2.05, 4.69) is 32.4 Å². The average molecular weight is 497 g/mol. The molecule has 1 saturated carbocycles. The molecule has 192 valence electrons. The molecule has 2 fully saturated rings. The highest BCUT2D eigenvalue weighted by Crippen LogP contribution is 2.34. The van der Waals surface area contributed by atoms with E-state index in [0.29, 0.717) is 5.57 Å². The summed E-state index contributed by atoms with van der Waals surface area (Å²) in [5.74, 6) is -0.903. The molecular weight excluding hydrogens is 463 g/mol. The number of amides is 1. The van der Waals surface area contributed by atoms with Gasteiger partial charge < -0.3 is 25.3 Å². The Kier molecular flexibility index (Phi) is 6.57. The number of aliphatic hydroxyl groups is 2. The zero-order valence-electron chi connectivity index (χ0n) is 20.9. The van der Waals surface area contributed by atoms with Gasteiger partial charge in [0.25, 0.3) is 5.91 Å². The van der Waals surface area contributed by atoms with Gasteiger partial charge in [-0.15, -0.1) is 10.2 Å². The van der Waals surface area contributed by atoms with E-state index in [-0.39, 0.29) is 41.5 Å². The smallest absolute Gasteiger partial charge is 0.289 e. The molecule has 0 radical (unpaired) electrons. The van der Waals surface area contributed by atoms with Crippen molar-refractivity contribution in [3.8, 4) is 5.69 Å². The van der Waals surface area contributed by atoms with E-state index in [1.807, 2.05) is 19.9 Å². The first-order valence-corrected chi connectivity index (χ1v) is 12.5. The molecule has 1 unspecified atom stereocenters. The fraction of sp³-hybridized carbons (Fsp3) is 0.500. The summed E-state index contributed by atoms with van der Waals surface area (Å²) >= 11 is 0. The van der Waals surface area contributed by atoms with Crippen molar-refractivity contribution in [1.29, 1.82) is 0 Å². The van der Waals surface area contributed by atoms with Crippen molar-refractivity contribution >= 4 is 17.2 Å². The maximum absolute atomic E-state index is 15.7. The third-order valence-corrected chi connectivity index (χ3v) is 7.12. The molecule has 10 heteroatoms. The number of nitrogens with zero attached hydrogens (tertiary/aromatic N) is 5. The van der Waals surface area contributed by atoms with Gasteiger partial charge in [0.1, 0.15) is 11.6 Å². The first kappa shape index (κ1) is 24.5. The van der Waals surface area contributed by atoms with Crippen molar-refractivity contribution in [3.05, 3.63) is 53.1 Å². The lowest BCUT2D eigenvalue weighted by Crippen LogP contribution is -2.44. The molecule has 5 rings (SSSR count). The third-order valence-electron chi connectivity index (χ3n) is 7.12. The average Bonchev–Trinajstić information content (AvgIpc) is 3.54. The zero-order chi connectivity index (χ0) is 25.6. The van der Waals surface area contributed by atoms with E-state index in [0.717, 1.165) is 50.3 Å². The normalized spacial score (nSPS) is 21.2. The van der Waals surface area contributed by atoms with Crippen molar-refractivity contribution < 1.29 is 19.4 Å². The van der Waals surface area contributed by atoms with Crippen LogP contribution in [0.4, 0.5) is 10.1 Å². The number of nitrogens with one attached hydrogen (secondary N) is 1. The Morgan fingerprint density at radius 3 is 2.53 bits per heavy atom. The van der Waals surface area contributed by atoms with Crippen molar-refractivity contribution in [2.45, 2.75) is 45.3 Å². The Morgan fingerprint density at radius 2 is 1.89 bits per heavy atom. The summed E-state index contributed by atoms with van der Waals surface area (Å²) in [5.41, 5.74) is 1.95. The number of carbonyl (C=O) groups excluding carboxylic acids is 1. The van der Waals surface area contributed by atoms with Gasteiger partial charge in [0.15, 0.2) is 5.82 Å². The summed E-state index contributed by atoms with van der Waals surface area (Å²) in [5, 5.41) is 32.4. The second-order valence-corrected chi connectivity index (χ2v) is 10.2. The number of halogens is 1. The van der Waals surface area contributed by atoms with Crippen LogP contribution in [0.5, 0.6) is 0 Å². The summed E-state index contributed by atoms with van der Waals surface area (Å²) in [6.45, 7) is 7.29. The number of aliphatic hydroxyl groups excluding tert-OH is 2. The van der Waals surface area contributed by atoms with Gasteiger partial charge in [-0.05, 0) is 55.7 Å². The minimum absolute atomic E-state index is 0.0145. The Morgan fingerprint density at radius 1 is 1.17 bits per heavy atom. The fourth-order valence-corrected chi connectivity index (χ4v) is 4.75. The van der Waals surface area contributed by atoms with Crippen LogP contribution in [0.1, 0.15) is 49.6 Å². The molecule has 1 aliphatic heterocycles. The fourth-order valence-electron chi connectivity index (χ4n) is 4.75. The lowest BCUT2D eigenvalue weighted by molar-refractivity contribution is 0.0938. The molecular formula is C26H33FN6O3. The van der Waals surface area contributed by atoms with Crippen LogP contribution in [-0.4, -0.2) is 81.2 Å². The maximum atomic E-state index is 15.7. The van der Waals surface area contributed by atoms with Crippen LogP contribution in [0.25, 0.3) is 11.3 Å².